The van der Waals surface area contributed by atoms with E-state index in [0.717, 1.165) is 5.56 Å². The number of aldehydes is 1. The van der Waals surface area contributed by atoms with E-state index in [1.807, 2.05) is 6.07 Å². The summed E-state index contributed by atoms with van der Waals surface area (Å²) < 4.78 is 15.8. The van der Waals surface area contributed by atoms with Crippen molar-refractivity contribution in [2.24, 2.45) is 0 Å². The van der Waals surface area contributed by atoms with Crippen LogP contribution in [-0.4, -0.2) is 28.9 Å². The van der Waals surface area contributed by atoms with Gasteiger partial charge in [-0.05, 0) is 38.5 Å². The number of esters is 2. The van der Waals surface area contributed by atoms with E-state index >= 15 is 0 Å². The van der Waals surface area contributed by atoms with Crippen LogP contribution in [0.4, 0.5) is 5.69 Å². The van der Waals surface area contributed by atoms with E-state index in [2.05, 4.69) is 0 Å². The molecule has 0 bridgehead atoms. The number of nitrogens with two attached hydrogens (primary N) is 1. The lowest BCUT2D eigenvalue weighted by Gasteiger charge is -2.22. The second-order valence-electron chi connectivity index (χ2n) is 7.99. The summed E-state index contributed by atoms with van der Waals surface area (Å²) in [6, 6.07) is 11.6. The summed E-state index contributed by atoms with van der Waals surface area (Å²) in [5.41, 5.74) is 5.35. The zero-order valence-electron chi connectivity index (χ0n) is 17.9. The average Bonchev–Trinajstić information content (AvgIpc) is 3.19. The van der Waals surface area contributed by atoms with Gasteiger partial charge < -0.3 is 24.7 Å². The highest BCUT2D eigenvalue weighted by Gasteiger charge is 2.31. The lowest BCUT2D eigenvalue weighted by molar-refractivity contribution is 0.00609. The van der Waals surface area contributed by atoms with Crippen LogP contribution in [0.2, 0.25) is 0 Å². The molecule has 3 aromatic rings. The first-order chi connectivity index (χ1) is 15.1. The van der Waals surface area contributed by atoms with E-state index in [1.54, 1.807) is 45.0 Å². The van der Waals surface area contributed by atoms with Gasteiger partial charge in [0.05, 0.1) is 17.4 Å². The van der Waals surface area contributed by atoms with E-state index < -0.39 is 28.9 Å². The Bertz CT molecular complexity index is 1160. The Kier molecular flexibility index (Phi) is 6.34. The monoisotopic (exact) mass is 437 g/mol. The summed E-state index contributed by atoms with van der Waals surface area (Å²) in [4.78, 5) is 37.1. The number of carbonyl (C=O) groups is 3. The molecule has 1 aromatic heterocycles. The predicted molar refractivity (Wildman–Crippen MR) is 116 cm³/mol. The Hall–Kier alpha value is -4.07. The molecule has 3 rings (SSSR count). The average molecular weight is 437 g/mol. The molecule has 8 nitrogen and oxygen atoms in total. The van der Waals surface area contributed by atoms with Crippen molar-refractivity contribution in [2.45, 2.75) is 33.0 Å². The molecular weight excluding hydrogens is 414 g/mol. The van der Waals surface area contributed by atoms with Gasteiger partial charge in [0.15, 0.2) is 12.0 Å². The van der Waals surface area contributed by atoms with Gasteiger partial charge in [-0.15, -0.1) is 0 Å². The molecule has 8 heteroatoms. The first kappa shape index (κ1) is 22.6. The smallest absolute Gasteiger partial charge is 0.343 e. The van der Waals surface area contributed by atoms with Gasteiger partial charge in [-0.2, -0.15) is 0 Å². The van der Waals surface area contributed by atoms with Gasteiger partial charge in [0.25, 0.3) is 0 Å². The van der Waals surface area contributed by atoms with Crippen LogP contribution in [-0.2, 0) is 16.1 Å². The molecule has 0 atom stereocenters. The van der Waals surface area contributed by atoms with E-state index in [1.165, 1.54) is 18.4 Å². The number of hydrogen-bond acceptors (Lipinski definition) is 8. The molecule has 0 aliphatic heterocycles. The number of phenolic OH excluding ortho intramolecular Hbond substituents is 1. The Labute approximate surface area is 184 Å². The third-order valence-corrected chi connectivity index (χ3v) is 4.44. The van der Waals surface area contributed by atoms with Crippen molar-refractivity contribution in [3.63, 3.8) is 0 Å². The first-order valence-corrected chi connectivity index (χ1v) is 9.75. The lowest BCUT2D eigenvalue weighted by atomic mass is 9.95. The Balaban J connectivity index is 2.10. The van der Waals surface area contributed by atoms with Crippen molar-refractivity contribution < 1.29 is 33.4 Å². The minimum absolute atomic E-state index is 0.0266. The summed E-state index contributed by atoms with van der Waals surface area (Å²) in [5, 5.41) is 11.0. The van der Waals surface area contributed by atoms with Crippen LogP contribution in [0.3, 0.4) is 0 Å². The zero-order valence-corrected chi connectivity index (χ0v) is 17.9. The van der Waals surface area contributed by atoms with Gasteiger partial charge >= 0.3 is 11.9 Å². The summed E-state index contributed by atoms with van der Waals surface area (Å²) in [7, 11) is 0. The van der Waals surface area contributed by atoms with Gasteiger partial charge in [0, 0.05) is 11.3 Å². The second kappa shape index (κ2) is 8.97. The van der Waals surface area contributed by atoms with Crippen molar-refractivity contribution in [1.82, 2.24) is 0 Å². The lowest BCUT2D eigenvalue weighted by Crippen LogP contribution is -2.25. The molecule has 0 fully saturated rings. The fraction of sp³-hybridized carbons (Fsp3) is 0.208. The number of phenols is 1. The fourth-order valence-electron chi connectivity index (χ4n) is 3.09. The Morgan fingerprint density at radius 1 is 1.12 bits per heavy atom. The van der Waals surface area contributed by atoms with Crippen molar-refractivity contribution in [2.75, 3.05) is 5.73 Å². The van der Waals surface area contributed by atoms with Crippen LogP contribution >= 0.6 is 0 Å². The number of anilines is 1. The third-order valence-electron chi connectivity index (χ3n) is 4.44. The van der Waals surface area contributed by atoms with Gasteiger partial charge in [-0.1, -0.05) is 30.3 Å². The Morgan fingerprint density at radius 3 is 2.44 bits per heavy atom. The maximum Gasteiger partial charge on any atom is 0.343 e. The number of hydrogen-bond donors (Lipinski definition) is 2. The highest BCUT2D eigenvalue weighted by Crippen LogP contribution is 2.42. The van der Waals surface area contributed by atoms with Crippen molar-refractivity contribution >= 4 is 23.9 Å². The van der Waals surface area contributed by atoms with Crippen molar-refractivity contribution in [1.29, 1.82) is 0 Å². The van der Waals surface area contributed by atoms with E-state index in [9.17, 15) is 19.5 Å². The minimum Gasteiger partial charge on any atom is -0.506 e. The number of benzene rings is 2. The quantitative estimate of drug-likeness (QED) is 0.331. The number of carbonyl (C=O) groups excluding carboxylic acids is 3. The van der Waals surface area contributed by atoms with Crippen LogP contribution in [0.15, 0.2) is 53.1 Å². The molecule has 1 heterocycles. The topological polar surface area (TPSA) is 129 Å². The number of aromatic hydroxyl groups is 1. The molecule has 0 saturated heterocycles. The molecule has 3 N–H and O–H groups in total. The van der Waals surface area contributed by atoms with E-state index in [-0.39, 0.29) is 34.7 Å². The molecule has 0 aliphatic rings. The van der Waals surface area contributed by atoms with Crippen LogP contribution in [0, 0.1) is 0 Å². The SMILES string of the molecule is CC(C)(C)OC(=O)c1c(C(=O)OCc2ccccc2)cc(N)c(-c2ccoc2C=O)c1O. The predicted octanol–water partition coefficient (Wildman–Crippen LogP) is 4.36. The van der Waals surface area contributed by atoms with Crippen molar-refractivity contribution in [3.05, 3.63) is 71.2 Å². The maximum absolute atomic E-state index is 12.9. The van der Waals surface area contributed by atoms with Gasteiger partial charge in [-0.25, -0.2) is 9.59 Å². The molecule has 0 amide bonds. The van der Waals surface area contributed by atoms with Gasteiger partial charge in [0.2, 0.25) is 0 Å². The molecule has 0 saturated carbocycles. The first-order valence-electron chi connectivity index (χ1n) is 9.75. The van der Waals surface area contributed by atoms with Crippen LogP contribution < -0.4 is 5.73 Å². The number of ether oxygens (including phenoxy) is 2. The normalized spacial score (nSPS) is 11.1. The summed E-state index contributed by atoms with van der Waals surface area (Å²) in [6.45, 7) is 4.89. The molecule has 0 spiro atoms. The largest absolute Gasteiger partial charge is 0.506 e. The summed E-state index contributed by atoms with van der Waals surface area (Å²) in [6.07, 6.45) is 1.69. The van der Waals surface area contributed by atoms with Gasteiger partial charge in [0.1, 0.15) is 23.5 Å². The molecule has 32 heavy (non-hydrogen) atoms. The highest BCUT2D eigenvalue weighted by atomic mass is 16.6. The molecule has 0 unspecified atom stereocenters. The number of nitrogen functional groups attached to an aromatic ring is 1. The van der Waals surface area contributed by atoms with E-state index in [0.29, 0.717) is 6.29 Å². The number of furan rings is 1. The standard InChI is InChI=1S/C24H23NO7/c1-24(2,3)32-23(29)20-16(22(28)31-13-14-7-5-4-6-8-14)11-17(25)19(21(20)27)15-9-10-30-18(15)12-26/h4-12,27H,13,25H2,1-3H3. The summed E-state index contributed by atoms with van der Waals surface area (Å²) in [5.74, 6) is -2.53. The molecule has 0 radical (unpaired) electrons. The molecular formula is C24H23NO7. The minimum atomic E-state index is -0.945. The Morgan fingerprint density at radius 2 is 1.81 bits per heavy atom. The van der Waals surface area contributed by atoms with E-state index in [4.69, 9.17) is 19.6 Å². The fourth-order valence-corrected chi connectivity index (χ4v) is 3.09. The third kappa shape index (κ3) is 4.80. The van der Waals surface area contributed by atoms with Crippen LogP contribution in [0.5, 0.6) is 5.75 Å². The molecule has 166 valence electrons. The summed E-state index contributed by atoms with van der Waals surface area (Å²) >= 11 is 0. The zero-order chi connectivity index (χ0) is 23.5. The number of rotatable bonds is 6. The molecule has 0 aliphatic carbocycles. The highest BCUT2D eigenvalue weighted by molar-refractivity contribution is 6.09. The molecule has 2 aromatic carbocycles. The van der Waals surface area contributed by atoms with Crippen LogP contribution in [0.1, 0.15) is 57.6 Å². The van der Waals surface area contributed by atoms with Crippen LogP contribution in [0.25, 0.3) is 11.1 Å². The van der Waals surface area contributed by atoms with Gasteiger partial charge in [-0.3, -0.25) is 4.79 Å². The second-order valence-corrected chi connectivity index (χ2v) is 7.99. The van der Waals surface area contributed by atoms with Crippen molar-refractivity contribution in [3.8, 4) is 16.9 Å². The maximum atomic E-state index is 12.9.